The predicted octanol–water partition coefficient (Wildman–Crippen LogP) is 2.45. The van der Waals surface area contributed by atoms with Crippen molar-refractivity contribution in [3.05, 3.63) is 28.2 Å². The SMILES string of the molecule is O=C(COc1cc(Cl)ccc1Cl)N1CCN(C(=O)C2CC2)CC1. The maximum absolute atomic E-state index is 12.2. The van der Waals surface area contributed by atoms with E-state index in [2.05, 4.69) is 0 Å². The zero-order chi connectivity index (χ0) is 16.4. The predicted molar refractivity (Wildman–Crippen MR) is 87.8 cm³/mol. The van der Waals surface area contributed by atoms with Crippen LogP contribution in [0.25, 0.3) is 0 Å². The van der Waals surface area contributed by atoms with Gasteiger partial charge in [-0.1, -0.05) is 23.2 Å². The molecule has 0 N–H and O–H groups in total. The summed E-state index contributed by atoms with van der Waals surface area (Å²) in [4.78, 5) is 27.8. The first-order chi connectivity index (χ1) is 11.0. The van der Waals surface area contributed by atoms with Crippen LogP contribution < -0.4 is 4.74 Å². The Morgan fingerprint density at radius 3 is 2.39 bits per heavy atom. The highest BCUT2D eigenvalue weighted by Crippen LogP contribution is 2.31. The Kier molecular flexibility index (Phi) is 4.97. The lowest BCUT2D eigenvalue weighted by atomic mass is 10.2. The molecular formula is C16H18Cl2N2O3. The average Bonchev–Trinajstić information content (AvgIpc) is 3.40. The van der Waals surface area contributed by atoms with Crippen molar-refractivity contribution in [3.63, 3.8) is 0 Å². The fraction of sp³-hybridized carbons (Fsp3) is 0.500. The van der Waals surface area contributed by atoms with Crippen LogP contribution >= 0.6 is 23.2 Å². The second-order valence-corrected chi connectivity index (χ2v) is 6.69. The zero-order valence-corrected chi connectivity index (χ0v) is 14.1. The Morgan fingerprint density at radius 1 is 1.09 bits per heavy atom. The quantitative estimate of drug-likeness (QED) is 0.832. The molecule has 1 heterocycles. The van der Waals surface area contributed by atoms with Crippen molar-refractivity contribution in [1.29, 1.82) is 0 Å². The minimum Gasteiger partial charge on any atom is -0.482 e. The summed E-state index contributed by atoms with van der Waals surface area (Å²) >= 11 is 11.9. The number of rotatable bonds is 4. The number of hydrogen-bond acceptors (Lipinski definition) is 3. The fourth-order valence-corrected chi connectivity index (χ4v) is 2.92. The van der Waals surface area contributed by atoms with Crippen LogP contribution in [0.4, 0.5) is 0 Å². The molecule has 1 aromatic rings. The van der Waals surface area contributed by atoms with Gasteiger partial charge in [0, 0.05) is 43.2 Å². The molecule has 2 aliphatic rings. The second-order valence-electron chi connectivity index (χ2n) is 5.84. The third kappa shape index (κ3) is 4.09. The highest BCUT2D eigenvalue weighted by molar-refractivity contribution is 6.34. The van der Waals surface area contributed by atoms with E-state index in [0.717, 1.165) is 12.8 Å². The molecule has 1 aliphatic carbocycles. The van der Waals surface area contributed by atoms with Crippen LogP contribution in [0.2, 0.25) is 10.0 Å². The van der Waals surface area contributed by atoms with Gasteiger partial charge < -0.3 is 14.5 Å². The summed E-state index contributed by atoms with van der Waals surface area (Å²) < 4.78 is 5.47. The molecular weight excluding hydrogens is 339 g/mol. The van der Waals surface area contributed by atoms with E-state index in [4.69, 9.17) is 27.9 Å². The van der Waals surface area contributed by atoms with Crippen molar-refractivity contribution in [3.8, 4) is 5.75 Å². The summed E-state index contributed by atoms with van der Waals surface area (Å²) in [7, 11) is 0. The highest BCUT2D eigenvalue weighted by atomic mass is 35.5. The normalized spacial score (nSPS) is 18.0. The van der Waals surface area contributed by atoms with Gasteiger partial charge in [-0.05, 0) is 25.0 Å². The molecule has 1 aromatic carbocycles. The summed E-state index contributed by atoms with van der Waals surface area (Å²) in [5.41, 5.74) is 0. The Balaban J connectivity index is 1.47. The summed E-state index contributed by atoms with van der Waals surface area (Å²) in [6, 6.07) is 4.88. The molecule has 2 amide bonds. The summed E-state index contributed by atoms with van der Waals surface area (Å²) in [5.74, 6) is 0.749. The summed E-state index contributed by atoms with van der Waals surface area (Å²) in [6.07, 6.45) is 2.01. The van der Waals surface area contributed by atoms with Crippen LogP contribution in [0.1, 0.15) is 12.8 Å². The zero-order valence-electron chi connectivity index (χ0n) is 12.6. The van der Waals surface area contributed by atoms with Crippen molar-refractivity contribution in [2.75, 3.05) is 32.8 Å². The standard InChI is InChI=1S/C16H18Cl2N2O3/c17-12-3-4-13(18)14(9-12)23-10-15(21)19-5-7-20(8-6-19)16(22)11-1-2-11/h3-4,9,11H,1-2,5-8,10H2. The first kappa shape index (κ1) is 16.4. The lowest BCUT2D eigenvalue weighted by Gasteiger charge is -2.34. The third-order valence-corrected chi connectivity index (χ3v) is 4.66. The maximum atomic E-state index is 12.2. The maximum Gasteiger partial charge on any atom is 0.260 e. The van der Waals surface area contributed by atoms with Crippen LogP contribution in [0.15, 0.2) is 18.2 Å². The van der Waals surface area contributed by atoms with Gasteiger partial charge in [0.05, 0.1) is 5.02 Å². The monoisotopic (exact) mass is 356 g/mol. The molecule has 0 radical (unpaired) electrons. The summed E-state index contributed by atoms with van der Waals surface area (Å²) in [5, 5.41) is 0.922. The smallest absolute Gasteiger partial charge is 0.260 e. The molecule has 0 atom stereocenters. The average molecular weight is 357 g/mol. The van der Waals surface area contributed by atoms with Gasteiger partial charge in [-0.15, -0.1) is 0 Å². The van der Waals surface area contributed by atoms with Gasteiger partial charge in [-0.25, -0.2) is 0 Å². The topological polar surface area (TPSA) is 49.9 Å². The largest absolute Gasteiger partial charge is 0.482 e. The number of carbonyl (C=O) groups excluding carboxylic acids is 2. The molecule has 2 fully saturated rings. The van der Waals surface area contributed by atoms with Crippen molar-refractivity contribution in [2.24, 2.45) is 5.92 Å². The van der Waals surface area contributed by atoms with E-state index in [-0.39, 0.29) is 24.3 Å². The number of benzene rings is 1. The van der Waals surface area contributed by atoms with Crippen LogP contribution in [0.3, 0.4) is 0 Å². The Bertz CT molecular complexity index is 611. The molecule has 5 nitrogen and oxygen atoms in total. The first-order valence-electron chi connectivity index (χ1n) is 7.69. The van der Waals surface area contributed by atoms with E-state index < -0.39 is 0 Å². The molecule has 0 spiro atoms. The van der Waals surface area contributed by atoms with E-state index in [1.54, 1.807) is 23.1 Å². The lowest BCUT2D eigenvalue weighted by Crippen LogP contribution is -2.52. The Morgan fingerprint density at radius 2 is 1.74 bits per heavy atom. The minimum atomic E-state index is -0.112. The lowest BCUT2D eigenvalue weighted by molar-refractivity contribution is -0.141. The number of nitrogens with zero attached hydrogens (tertiary/aromatic N) is 2. The van der Waals surface area contributed by atoms with Gasteiger partial charge in [0.1, 0.15) is 5.75 Å². The van der Waals surface area contributed by atoms with Crippen LogP contribution in [-0.4, -0.2) is 54.4 Å². The third-order valence-electron chi connectivity index (χ3n) is 4.12. The number of carbonyl (C=O) groups is 2. The fourth-order valence-electron chi connectivity index (χ4n) is 2.58. The molecule has 3 rings (SSSR count). The number of piperazine rings is 1. The van der Waals surface area contributed by atoms with E-state index in [9.17, 15) is 9.59 Å². The Hall–Kier alpha value is -1.46. The van der Waals surface area contributed by atoms with E-state index in [1.807, 2.05) is 4.90 Å². The molecule has 1 saturated heterocycles. The van der Waals surface area contributed by atoms with Gasteiger partial charge in [-0.2, -0.15) is 0 Å². The molecule has 23 heavy (non-hydrogen) atoms. The molecule has 0 aromatic heterocycles. The van der Waals surface area contributed by atoms with Crippen LogP contribution in [0, 0.1) is 5.92 Å². The van der Waals surface area contributed by atoms with E-state index >= 15 is 0 Å². The van der Waals surface area contributed by atoms with Gasteiger partial charge in [0.25, 0.3) is 5.91 Å². The molecule has 0 bridgehead atoms. The summed E-state index contributed by atoms with van der Waals surface area (Å²) in [6.45, 7) is 2.20. The first-order valence-corrected chi connectivity index (χ1v) is 8.44. The number of ether oxygens (including phenoxy) is 1. The van der Waals surface area contributed by atoms with E-state index in [0.29, 0.717) is 42.0 Å². The van der Waals surface area contributed by atoms with Crippen molar-refractivity contribution >= 4 is 35.0 Å². The molecule has 124 valence electrons. The molecule has 1 aliphatic heterocycles. The van der Waals surface area contributed by atoms with Gasteiger partial charge in [0.2, 0.25) is 5.91 Å². The number of amides is 2. The van der Waals surface area contributed by atoms with Gasteiger partial charge in [-0.3, -0.25) is 9.59 Å². The molecule has 1 saturated carbocycles. The molecule has 7 heteroatoms. The van der Waals surface area contributed by atoms with Crippen molar-refractivity contribution in [2.45, 2.75) is 12.8 Å². The van der Waals surface area contributed by atoms with Crippen LogP contribution in [-0.2, 0) is 9.59 Å². The molecule has 0 unspecified atom stereocenters. The van der Waals surface area contributed by atoms with Crippen molar-refractivity contribution in [1.82, 2.24) is 9.80 Å². The number of halogens is 2. The minimum absolute atomic E-state index is 0.0867. The van der Waals surface area contributed by atoms with Crippen LogP contribution in [0.5, 0.6) is 5.75 Å². The number of hydrogen-bond donors (Lipinski definition) is 0. The van der Waals surface area contributed by atoms with Gasteiger partial charge >= 0.3 is 0 Å². The highest BCUT2D eigenvalue weighted by Gasteiger charge is 2.35. The van der Waals surface area contributed by atoms with Crippen molar-refractivity contribution < 1.29 is 14.3 Å². The van der Waals surface area contributed by atoms with E-state index in [1.165, 1.54) is 0 Å². The Labute approximate surface area is 145 Å². The second kappa shape index (κ2) is 6.97. The van der Waals surface area contributed by atoms with Gasteiger partial charge in [0.15, 0.2) is 6.61 Å².